The van der Waals surface area contributed by atoms with Gasteiger partial charge in [-0.05, 0) is 45.8 Å². The van der Waals surface area contributed by atoms with Crippen LogP contribution in [0.1, 0.15) is 24.2 Å². The highest BCUT2D eigenvalue weighted by Crippen LogP contribution is 2.21. The Morgan fingerprint density at radius 2 is 2.33 bits per heavy atom. The molecule has 1 aliphatic rings. The van der Waals surface area contributed by atoms with E-state index in [4.69, 9.17) is 11.6 Å². The quantitative estimate of drug-likeness (QED) is 0.906. The van der Waals surface area contributed by atoms with Crippen LogP contribution in [0.25, 0.3) is 0 Å². The average molecular weight is 271 g/mol. The van der Waals surface area contributed by atoms with E-state index in [1.54, 1.807) is 0 Å². The highest BCUT2D eigenvalue weighted by molar-refractivity contribution is 6.31. The molecule has 1 aromatic rings. The van der Waals surface area contributed by atoms with Gasteiger partial charge in [-0.25, -0.2) is 0 Å². The summed E-state index contributed by atoms with van der Waals surface area (Å²) in [5.74, 6) is 0.761. The number of rotatable bonds is 4. The molecule has 18 heavy (non-hydrogen) atoms. The minimum Gasteiger partial charge on any atom is -0.316 e. The summed E-state index contributed by atoms with van der Waals surface area (Å²) in [7, 11) is 4.12. The summed E-state index contributed by atoms with van der Waals surface area (Å²) in [6.45, 7) is 6.26. The van der Waals surface area contributed by atoms with E-state index in [1.165, 1.54) is 19.4 Å². The molecule has 0 spiro atoms. The molecule has 2 rings (SSSR count). The van der Waals surface area contributed by atoms with Crippen LogP contribution in [-0.2, 0) is 13.6 Å². The summed E-state index contributed by atoms with van der Waals surface area (Å²) >= 11 is 6.28. The molecule has 1 N–H and O–H groups in total. The first-order chi connectivity index (χ1) is 8.58. The van der Waals surface area contributed by atoms with Crippen LogP contribution in [0.2, 0.25) is 5.02 Å². The maximum absolute atomic E-state index is 6.28. The van der Waals surface area contributed by atoms with Gasteiger partial charge in [0, 0.05) is 20.1 Å². The molecule has 0 amide bonds. The van der Waals surface area contributed by atoms with E-state index in [2.05, 4.69) is 22.4 Å². The minimum absolute atomic E-state index is 0.761. The lowest BCUT2D eigenvalue weighted by molar-refractivity contribution is 0.233. The Morgan fingerprint density at radius 3 is 2.89 bits per heavy atom. The van der Waals surface area contributed by atoms with Crippen LogP contribution < -0.4 is 5.32 Å². The Morgan fingerprint density at radius 1 is 1.56 bits per heavy atom. The Bertz CT molecular complexity index is 396. The van der Waals surface area contributed by atoms with Crippen LogP contribution in [0.3, 0.4) is 0 Å². The monoisotopic (exact) mass is 270 g/mol. The van der Waals surface area contributed by atoms with Crippen molar-refractivity contribution in [3.05, 3.63) is 16.4 Å². The van der Waals surface area contributed by atoms with Crippen molar-refractivity contribution < 1.29 is 0 Å². The Hall–Kier alpha value is -0.580. The van der Waals surface area contributed by atoms with Gasteiger partial charge in [0.15, 0.2) is 0 Å². The zero-order valence-corrected chi connectivity index (χ0v) is 12.3. The molecule has 5 heteroatoms. The van der Waals surface area contributed by atoms with Crippen LogP contribution in [0.15, 0.2) is 0 Å². The van der Waals surface area contributed by atoms with Gasteiger partial charge in [-0.2, -0.15) is 5.10 Å². The smallest absolute Gasteiger partial charge is 0.0860 e. The fourth-order valence-corrected chi connectivity index (χ4v) is 2.91. The van der Waals surface area contributed by atoms with Crippen molar-refractivity contribution in [2.24, 2.45) is 13.0 Å². The Labute approximate surface area is 114 Å². The van der Waals surface area contributed by atoms with E-state index < -0.39 is 0 Å². The maximum atomic E-state index is 6.28. The molecule has 0 saturated carbocycles. The molecule has 1 fully saturated rings. The molecule has 0 aliphatic carbocycles. The normalized spacial score (nSPS) is 20.6. The average Bonchev–Trinajstić information content (AvgIpc) is 2.57. The summed E-state index contributed by atoms with van der Waals surface area (Å²) in [6.07, 6.45) is 2.62. The van der Waals surface area contributed by atoms with Gasteiger partial charge in [-0.1, -0.05) is 11.6 Å². The third kappa shape index (κ3) is 3.25. The number of nitrogens with zero attached hydrogens (tertiary/aromatic N) is 3. The Balaban J connectivity index is 1.91. The van der Waals surface area contributed by atoms with Crippen LogP contribution in [0.4, 0.5) is 0 Å². The first-order valence-electron chi connectivity index (χ1n) is 6.65. The van der Waals surface area contributed by atoms with E-state index in [1.807, 2.05) is 18.7 Å². The zero-order chi connectivity index (χ0) is 13.1. The first-order valence-corrected chi connectivity index (χ1v) is 7.03. The number of piperidine rings is 1. The van der Waals surface area contributed by atoms with Crippen LogP contribution in [-0.4, -0.2) is 41.4 Å². The molecule has 1 unspecified atom stereocenters. The van der Waals surface area contributed by atoms with Gasteiger partial charge >= 0.3 is 0 Å². The van der Waals surface area contributed by atoms with Crippen molar-refractivity contribution in [1.82, 2.24) is 20.0 Å². The number of aryl methyl sites for hydroxylation is 2. The third-order valence-electron chi connectivity index (χ3n) is 3.65. The summed E-state index contributed by atoms with van der Waals surface area (Å²) < 4.78 is 1.90. The van der Waals surface area contributed by atoms with Crippen molar-refractivity contribution in [2.45, 2.75) is 26.3 Å². The molecule has 0 radical (unpaired) electrons. The third-order valence-corrected chi connectivity index (χ3v) is 4.14. The summed E-state index contributed by atoms with van der Waals surface area (Å²) in [5, 5.41) is 8.63. The highest BCUT2D eigenvalue weighted by Gasteiger charge is 2.17. The molecule has 0 bridgehead atoms. The second-order valence-corrected chi connectivity index (χ2v) is 5.76. The molecule has 0 aromatic carbocycles. The number of aromatic nitrogens is 2. The van der Waals surface area contributed by atoms with Gasteiger partial charge in [0.05, 0.1) is 16.4 Å². The molecule has 1 aromatic heterocycles. The van der Waals surface area contributed by atoms with Crippen molar-refractivity contribution >= 4 is 11.6 Å². The molecule has 1 saturated heterocycles. The van der Waals surface area contributed by atoms with Crippen LogP contribution in [0, 0.1) is 12.8 Å². The molecule has 102 valence electrons. The van der Waals surface area contributed by atoms with E-state index in [9.17, 15) is 0 Å². The van der Waals surface area contributed by atoms with Crippen molar-refractivity contribution in [1.29, 1.82) is 0 Å². The van der Waals surface area contributed by atoms with E-state index >= 15 is 0 Å². The topological polar surface area (TPSA) is 33.1 Å². The van der Waals surface area contributed by atoms with Gasteiger partial charge in [0.1, 0.15) is 0 Å². The van der Waals surface area contributed by atoms with Gasteiger partial charge < -0.3 is 10.2 Å². The second kappa shape index (κ2) is 6.04. The first kappa shape index (κ1) is 13.8. The lowest BCUT2D eigenvalue weighted by Gasteiger charge is -2.27. The standard InChI is InChI=1S/C13H23ClN4/c1-10-13(14)12(18(3)16-10)9-17(2)8-11-5-4-6-15-7-11/h11,15H,4-9H2,1-3H3. The number of nitrogens with one attached hydrogen (secondary N) is 1. The Kier molecular flexibility index (Phi) is 4.65. The van der Waals surface area contributed by atoms with Gasteiger partial charge in [0.25, 0.3) is 0 Å². The fraction of sp³-hybridized carbons (Fsp3) is 0.769. The number of hydrogen-bond acceptors (Lipinski definition) is 3. The van der Waals surface area contributed by atoms with E-state index in [0.717, 1.165) is 42.0 Å². The largest absolute Gasteiger partial charge is 0.316 e. The van der Waals surface area contributed by atoms with Crippen LogP contribution >= 0.6 is 11.6 Å². The number of hydrogen-bond donors (Lipinski definition) is 1. The fourth-order valence-electron chi connectivity index (χ4n) is 2.69. The van der Waals surface area contributed by atoms with Crippen molar-refractivity contribution in [3.63, 3.8) is 0 Å². The van der Waals surface area contributed by atoms with E-state index in [0.29, 0.717) is 0 Å². The molecule has 2 heterocycles. The van der Waals surface area contributed by atoms with Crippen molar-refractivity contribution in [2.75, 3.05) is 26.7 Å². The summed E-state index contributed by atoms with van der Waals surface area (Å²) in [4.78, 5) is 2.35. The van der Waals surface area contributed by atoms with Gasteiger partial charge in [-0.3, -0.25) is 4.68 Å². The second-order valence-electron chi connectivity index (χ2n) is 5.38. The SMILES string of the molecule is Cc1nn(C)c(CN(C)CC2CCCNC2)c1Cl. The molecular weight excluding hydrogens is 248 g/mol. The van der Waals surface area contributed by atoms with E-state index in [-0.39, 0.29) is 0 Å². The summed E-state index contributed by atoms with van der Waals surface area (Å²) in [5.41, 5.74) is 2.03. The number of halogens is 1. The lowest BCUT2D eigenvalue weighted by Crippen LogP contribution is -2.36. The molecular formula is C13H23ClN4. The van der Waals surface area contributed by atoms with Gasteiger partial charge in [0.2, 0.25) is 0 Å². The van der Waals surface area contributed by atoms with Crippen molar-refractivity contribution in [3.8, 4) is 0 Å². The molecule has 1 aliphatic heterocycles. The maximum Gasteiger partial charge on any atom is 0.0860 e. The lowest BCUT2D eigenvalue weighted by atomic mass is 9.99. The minimum atomic E-state index is 0.761. The highest BCUT2D eigenvalue weighted by atomic mass is 35.5. The molecule has 1 atom stereocenters. The predicted octanol–water partition coefficient (Wildman–Crippen LogP) is 1.81. The van der Waals surface area contributed by atoms with Crippen LogP contribution in [0.5, 0.6) is 0 Å². The predicted molar refractivity (Wildman–Crippen MR) is 74.9 cm³/mol. The van der Waals surface area contributed by atoms with Gasteiger partial charge in [-0.15, -0.1) is 0 Å². The summed E-state index contributed by atoms with van der Waals surface area (Å²) in [6, 6.07) is 0. The zero-order valence-electron chi connectivity index (χ0n) is 11.5. The molecule has 4 nitrogen and oxygen atoms in total.